The maximum atomic E-state index is 11.1. The number of hydrogen-bond acceptors (Lipinski definition) is 4. The van der Waals surface area contributed by atoms with Crippen molar-refractivity contribution >= 4 is 5.78 Å². The van der Waals surface area contributed by atoms with Crippen molar-refractivity contribution < 1.29 is 9.53 Å². The summed E-state index contributed by atoms with van der Waals surface area (Å²) in [6.07, 6.45) is 3.22. The normalized spacial score (nSPS) is 10.0. The second-order valence-corrected chi connectivity index (χ2v) is 3.65. The first kappa shape index (κ1) is 11.3. The van der Waals surface area contributed by atoms with Crippen LogP contribution in [0.5, 0.6) is 11.5 Å². The number of ether oxygens (including phenoxy) is 1. The Bertz CT molecular complexity index is 518. The van der Waals surface area contributed by atoms with E-state index in [2.05, 4.69) is 9.97 Å². The van der Waals surface area contributed by atoms with Crippen LogP contribution in [0.2, 0.25) is 0 Å². The molecule has 2 aromatic rings. The highest BCUT2D eigenvalue weighted by Crippen LogP contribution is 2.20. The molecule has 0 radical (unpaired) electrons. The molecule has 0 bridgehead atoms. The van der Waals surface area contributed by atoms with Gasteiger partial charge in [0, 0.05) is 5.56 Å². The van der Waals surface area contributed by atoms with Crippen molar-refractivity contribution in [1.29, 1.82) is 0 Å². The van der Waals surface area contributed by atoms with E-state index < -0.39 is 0 Å². The molecule has 0 aliphatic heterocycles. The predicted octanol–water partition coefficient (Wildman–Crippen LogP) is 2.78. The molecular weight excluding hydrogens is 216 g/mol. The summed E-state index contributed by atoms with van der Waals surface area (Å²) in [6.45, 7) is 3.34. The predicted molar refractivity (Wildman–Crippen MR) is 63.3 cm³/mol. The maximum absolute atomic E-state index is 11.1. The smallest absolute Gasteiger partial charge is 0.164 e. The van der Waals surface area contributed by atoms with Gasteiger partial charge in [0.05, 0.1) is 12.4 Å². The van der Waals surface area contributed by atoms with Gasteiger partial charge in [0.1, 0.15) is 11.6 Å². The van der Waals surface area contributed by atoms with Crippen LogP contribution in [0.4, 0.5) is 0 Å². The van der Waals surface area contributed by atoms with Gasteiger partial charge in [0.25, 0.3) is 0 Å². The zero-order valence-electron chi connectivity index (χ0n) is 9.68. The van der Waals surface area contributed by atoms with Crippen LogP contribution in [0.25, 0.3) is 0 Å². The van der Waals surface area contributed by atoms with Gasteiger partial charge in [0.15, 0.2) is 11.5 Å². The quantitative estimate of drug-likeness (QED) is 0.758. The van der Waals surface area contributed by atoms with E-state index in [0.29, 0.717) is 22.9 Å². The molecule has 0 fully saturated rings. The third-order valence-electron chi connectivity index (χ3n) is 2.25. The lowest BCUT2D eigenvalue weighted by molar-refractivity contribution is 0.101. The second kappa shape index (κ2) is 4.74. The van der Waals surface area contributed by atoms with Crippen molar-refractivity contribution in [2.45, 2.75) is 13.8 Å². The van der Waals surface area contributed by atoms with Crippen LogP contribution in [-0.4, -0.2) is 15.8 Å². The first-order valence-electron chi connectivity index (χ1n) is 5.22. The summed E-state index contributed by atoms with van der Waals surface area (Å²) in [6, 6.07) is 6.95. The minimum atomic E-state index is 0.0372. The van der Waals surface area contributed by atoms with Gasteiger partial charge in [0.2, 0.25) is 0 Å². The zero-order valence-corrected chi connectivity index (χ0v) is 9.68. The molecule has 17 heavy (non-hydrogen) atoms. The molecule has 0 aliphatic rings. The molecule has 0 N–H and O–H groups in total. The van der Waals surface area contributed by atoms with E-state index in [4.69, 9.17) is 4.74 Å². The fourth-order valence-electron chi connectivity index (χ4n) is 1.33. The molecule has 1 heterocycles. The molecule has 1 aromatic carbocycles. The zero-order chi connectivity index (χ0) is 12.3. The molecule has 0 saturated heterocycles. The van der Waals surface area contributed by atoms with E-state index in [-0.39, 0.29) is 5.78 Å². The second-order valence-electron chi connectivity index (χ2n) is 3.65. The summed E-state index contributed by atoms with van der Waals surface area (Å²) in [4.78, 5) is 19.2. The molecule has 2 rings (SSSR count). The number of ketones is 1. The Kier molecular flexibility index (Phi) is 3.14. The fourth-order valence-corrected chi connectivity index (χ4v) is 1.33. The lowest BCUT2D eigenvalue weighted by atomic mass is 10.1. The van der Waals surface area contributed by atoms with Crippen molar-refractivity contribution in [2.75, 3.05) is 0 Å². The summed E-state index contributed by atoms with van der Waals surface area (Å²) >= 11 is 0. The molecule has 4 nitrogen and oxygen atoms in total. The van der Waals surface area contributed by atoms with Gasteiger partial charge in [-0.3, -0.25) is 4.79 Å². The van der Waals surface area contributed by atoms with Crippen LogP contribution >= 0.6 is 0 Å². The molecule has 0 amide bonds. The van der Waals surface area contributed by atoms with Crippen LogP contribution in [0.3, 0.4) is 0 Å². The standard InChI is InChI=1S/C13H12N2O2/c1-9(16)11-3-5-12(6-4-11)17-13-7-14-10(2)15-8-13/h3-8H,1-2H3. The number of aromatic nitrogens is 2. The van der Waals surface area contributed by atoms with Gasteiger partial charge in [-0.15, -0.1) is 0 Å². The fraction of sp³-hybridized carbons (Fsp3) is 0.154. The summed E-state index contributed by atoms with van der Waals surface area (Å²) in [5.74, 6) is 1.97. The molecule has 0 unspecified atom stereocenters. The summed E-state index contributed by atoms with van der Waals surface area (Å²) in [5.41, 5.74) is 0.664. The van der Waals surface area contributed by atoms with Crippen LogP contribution in [0.1, 0.15) is 23.1 Å². The number of rotatable bonds is 3. The van der Waals surface area contributed by atoms with Crippen molar-refractivity contribution in [3.63, 3.8) is 0 Å². The number of carbonyl (C=O) groups excluding carboxylic acids is 1. The highest BCUT2D eigenvalue weighted by molar-refractivity contribution is 5.94. The first-order valence-corrected chi connectivity index (χ1v) is 5.22. The Hall–Kier alpha value is -2.23. The molecule has 4 heteroatoms. The average Bonchev–Trinajstić information content (AvgIpc) is 2.33. The molecule has 0 saturated carbocycles. The third-order valence-corrected chi connectivity index (χ3v) is 2.25. The maximum Gasteiger partial charge on any atom is 0.164 e. The lowest BCUT2D eigenvalue weighted by Gasteiger charge is -2.05. The van der Waals surface area contributed by atoms with E-state index in [1.54, 1.807) is 36.7 Å². The van der Waals surface area contributed by atoms with Gasteiger partial charge >= 0.3 is 0 Å². The van der Waals surface area contributed by atoms with Crippen LogP contribution < -0.4 is 4.74 Å². The molecule has 0 atom stereocenters. The summed E-state index contributed by atoms with van der Waals surface area (Å²) in [7, 11) is 0. The lowest BCUT2D eigenvalue weighted by Crippen LogP contribution is -1.92. The number of benzene rings is 1. The van der Waals surface area contributed by atoms with E-state index in [9.17, 15) is 4.79 Å². The Morgan fingerprint density at radius 2 is 1.65 bits per heavy atom. The molecule has 0 spiro atoms. The molecule has 1 aromatic heterocycles. The van der Waals surface area contributed by atoms with E-state index in [1.807, 2.05) is 6.92 Å². The van der Waals surface area contributed by atoms with Gasteiger partial charge in [-0.05, 0) is 38.1 Å². The van der Waals surface area contributed by atoms with Gasteiger partial charge < -0.3 is 4.74 Å². The van der Waals surface area contributed by atoms with Crippen molar-refractivity contribution in [1.82, 2.24) is 9.97 Å². The number of carbonyl (C=O) groups is 1. The van der Waals surface area contributed by atoms with Crippen LogP contribution in [0, 0.1) is 6.92 Å². The van der Waals surface area contributed by atoms with Crippen LogP contribution in [0.15, 0.2) is 36.7 Å². The van der Waals surface area contributed by atoms with Crippen molar-refractivity contribution in [3.8, 4) is 11.5 Å². The highest BCUT2D eigenvalue weighted by atomic mass is 16.5. The third kappa shape index (κ3) is 2.87. The Balaban J connectivity index is 2.13. The Morgan fingerprint density at radius 1 is 1.06 bits per heavy atom. The number of hydrogen-bond donors (Lipinski definition) is 0. The topological polar surface area (TPSA) is 52.1 Å². The first-order chi connectivity index (χ1) is 8.15. The van der Waals surface area contributed by atoms with Crippen molar-refractivity contribution in [2.24, 2.45) is 0 Å². The number of Topliss-reactive ketones (excluding diaryl/α,β-unsaturated/α-hetero) is 1. The van der Waals surface area contributed by atoms with Crippen LogP contribution in [-0.2, 0) is 0 Å². The molecule has 0 aliphatic carbocycles. The number of nitrogens with zero attached hydrogens (tertiary/aromatic N) is 2. The van der Waals surface area contributed by atoms with E-state index >= 15 is 0 Å². The minimum Gasteiger partial charge on any atom is -0.454 e. The molecular formula is C13H12N2O2. The highest BCUT2D eigenvalue weighted by Gasteiger charge is 2.01. The van der Waals surface area contributed by atoms with Crippen molar-refractivity contribution in [3.05, 3.63) is 48.0 Å². The SMILES string of the molecule is CC(=O)c1ccc(Oc2cnc(C)nc2)cc1. The average molecular weight is 228 g/mol. The van der Waals surface area contributed by atoms with Gasteiger partial charge in [-0.25, -0.2) is 9.97 Å². The minimum absolute atomic E-state index is 0.0372. The number of aryl methyl sites for hydroxylation is 1. The largest absolute Gasteiger partial charge is 0.454 e. The Morgan fingerprint density at radius 3 is 2.18 bits per heavy atom. The van der Waals surface area contributed by atoms with E-state index in [1.165, 1.54) is 6.92 Å². The van der Waals surface area contributed by atoms with E-state index in [0.717, 1.165) is 0 Å². The monoisotopic (exact) mass is 228 g/mol. The summed E-state index contributed by atoms with van der Waals surface area (Å²) < 4.78 is 5.53. The molecule has 86 valence electrons. The Labute approximate surface area is 99.3 Å². The summed E-state index contributed by atoms with van der Waals surface area (Å²) in [5, 5.41) is 0. The van der Waals surface area contributed by atoms with Gasteiger partial charge in [-0.2, -0.15) is 0 Å². The van der Waals surface area contributed by atoms with Gasteiger partial charge in [-0.1, -0.05) is 0 Å².